The van der Waals surface area contributed by atoms with E-state index in [1.54, 1.807) is 24.3 Å². The molecule has 1 heterocycles. The van der Waals surface area contributed by atoms with Gasteiger partial charge in [-0.25, -0.2) is 0 Å². The summed E-state index contributed by atoms with van der Waals surface area (Å²) in [5.41, 5.74) is 2.70. The summed E-state index contributed by atoms with van der Waals surface area (Å²) in [7, 11) is 0. The van der Waals surface area contributed by atoms with Crippen LogP contribution < -0.4 is 15.4 Å². The molecule has 0 saturated heterocycles. The predicted octanol–water partition coefficient (Wildman–Crippen LogP) is 4.85. The quantitative estimate of drug-likeness (QED) is 0.383. The molecule has 0 aliphatic rings. The highest BCUT2D eigenvalue weighted by molar-refractivity contribution is 6.05. The lowest BCUT2D eigenvalue weighted by Gasteiger charge is -2.19. The van der Waals surface area contributed by atoms with E-state index in [4.69, 9.17) is 9.15 Å². The molecule has 1 aromatic heterocycles. The Balaban J connectivity index is 1.60. The van der Waals surface area contributed by atoms with Crippen molar-refractivity contribution in [3.63, 3.8) is 0 Å². The highest BCUT2D eigenvalue weighted by Crippen LogP contribution is 2.24. The maximum Gasteiger partial charge on any atom is 0.268 e. The molecule has 0 spiro atoms. The summed E-state index contributed by atoms with van der Waals surface area (Å²) >= 11 is 0. The monoisotopic (exact) mass is 446 g/mol. The van der Waals surface area contributed by atoms with Crippen LogP contribution >= 0.6 is 0 Å². The Labute approximate surface area is 194 Å². The zero-order valence-corrected chi connectivity index (χ0v) is 19.5. The van der Waals surface area contributed by atoms with Crippen molar-refractivity contribution in [3.05, 3.63) is 95.1 Å². The molecule has 0 saturated carbocycles. The minimum Gasteiger partial charge on any atom is -0.492 e. The van der Waals surface area contributed by atoms with E-state index in [-0.39, 0.29) is 23.6 Å². The van der Waals surface area contributed by atoms with Gasteiger partial charge in [0.15, 0.2) is 0 Å². The molecule has 0 bridgehead atoms. The van der Waals surface area contributed by atoms with Gasteiger partial charge in [0.25, 0.3) is 11.8 Å². The smallest absolute Gasteiger partial charge is 0.268 e. The zero-order valence-electron chi connectivity index (χ0n) is 19.5. The Kier molecular flexibility index (Phi) is 7.72. The normalized spacial score (nSPS) is 11.7. The van der Waals surface area contributed by atoms with Crippen molar-refractivity contribution in [1.29, 1.82) is 0 Å². The summed E-state index contributed by atoms with van der Waals surface area (Å²) in [5.74, 6) is 0.396. The lowest BCUT2D eigenvalue weighted by Crippen LogP contribution is -2.36. The Hall–Kier alpha value is -3.80. The van der Waals surface area contributed by atoms with Crippen LogP contribution in [0.3, 0.4) is 0 Å². The molecule has 3 rings (SSSR count). The first-order valence-corrected chi connectivity index (χ1v) is 10.9. The molecule has 0 fully saturated rings. The van der Waals surface area contributed by atoms with Crippen molar-refractivity contribution in [1.82, 2.24) is 10.6 Å². The topological polar surface area (TPSA) is 80.6 Å². The van der Waals surface area contributed by atoms with Crippen molar-refractivity contribution >= 4 is 17.9 Å². The summed E-state index contributed by atoms with van der Waals surface area (Å²) in [5, 5.41) is 5.48. The fraction of sp³-hybridized carbons (Fsp3) is 0.259. The predicted molar refractivity (Wildman–Crippen MR) is 129 cm³/mol. The van der Waals surface area contributed by atoms with Gasteiger partial charge in [-0.2, -0.15) is 0 Å². The van der Waals surface area contributed by atoms with E-state index in [0.29, 0.717) is 17.9 Å². The van der Waals surface area contributed by atoms with Crippen LogP contribution in [0.5, 0.6) is 5.75 Å². The van der Waals surface area contributed by atoms with Gasteiger partial charge in [-0.1, -0.05) is 51.1 Å². The molecule has 172 valence electrons. The van der Waals surface area contributed by atoms with Crippen molar-refractivity contribution in [2.45, 2.75) is 33.1 Å². The number of carbonyl (C=O) groups excluding carboxylic acids is 2. The van der Waals surface area contributed by atoms with E-state index in [0.717, 1.165) is 11.3 Å². The first kappa shape index (κ1) is 23.9. The maximum atomic E-state index is 12.8. The molecule has 2 amide bonds. The highest BCUT2D eigenvalue weighted by atomic mass is 16.5. The molecule has 0 unspecified atom stereocenters. The second kappa shape index (κ2) is 10.7. The van der Waals surface area contributed by atoms with Crippen molar-refractivity contribution in [2.24, 2.45) is 0 Å². The van der Waals surface area contributed by atoms with Crippen molar-refractivity contribution in [3.8, 4) is 5.75 Å². The largest absolute Gasteiger partial charge is 0.492 e. The second-order valence-corrected chi connectivity index (χ2v) is 8.72. The van der Waals surface area contributed by atoms with Gasteiger partial charge in [-0.05, 0) is 53.8 Å². The summed E-state index contributed by atoms with van der Waals surface area (Å²) in [6, 6.07) is 18.5. The highest BCUT2D eigenvalue weighted by Gasteiger charge is 2.16. The van der Waals surface area contributed by atoms with Gasteiger partial charge >= 0.3 is 0 Å². The van der Waals surface area contributed by atoms with Gasteiger partial charge < -0.3 is 19.8 Å². The average Bonchev–Trinajstić information content (AvgIpc) is 3.29. The van der Waals surface area contributed by atoms with Gasteiger partial charge in [-0.3, -0.25) is 9.59 Å². The van der Waals surface area contributed by atoms with E-state index in [1.807, 2.05) is 43.3 Å². The number of hydrogen-bond donors (Lipinski definition) is 2. The molecule has 0 aliphatic heterocycles. The molecule has 2 aromatic carbocycles. The third-order valence-corrected chi connectivity index (χ3v) is 5.09. The van der Waals surface area contributed by atoms with Crippen LogP contribution in [0.1, 0.15) is 48.0 Å². The van der Waals surface area contributed by atoms with Gasteiger partial charge in [0, 0.05) is 11.6 Å². The number of furan rings is 1. The number of ether oxygens (including phenoxy) is 1. The number of amides is 2. The minimum atomic E-state index is -0.431. The van der Waals surface area contributed by atoms with Gasteiger partial charge in [0.05, 0.1) is 12.8 Å². The van der Waals surface area contributed by atoms with Crippen molar-refractivity contribution < 1.29 is 18.7 Å². The number of carbonyl (C=O) groups is 2. The molecule has 0 aliphatic carbocycles. The Morgan fingerprint density at radius 3 is 2.36 bits per heavy atom. The molecule has 2 N–H and O–H groups in total. The third-order valence-electron chi connectivity index (χ3n) is 5.09. The Morgan fingerprint density at radius 2 is 1.73 bits per heavy atom. The van der Waals surface area contributed by atoms with Crippen LogP contribution in [-0.4, -0.2) is 25.0 Å². The lowest BCUT2D eigenvalue weighted by atomic mass is 9.87. The van der Waals surface area contributed by atoms with Crippen LogP contribution in [0.25, 0.3) is 6.08 Å². The van der Waals surface area contributed by atoms with E-state index in [2.05, 4.69) is 31.4 Å². The summed E-state index contributed by atoms with van der Waals surface area (Å²) < 4.78 is 11.0. The number of rotatable bonds is 8. The van der Waals surface area contributed by atoms with Crippen LogP contribution in [0.4, 0.5) is 0 Å². The van der Waals surface area contributed by atoms with Crippen LogP contribution in [-0.2, 0) is 10.2 Å². The van der Waals surface area contributed by atoms with E-state index in [9.17, 15) is 9.59 Å². The van der Waals surface area contributed by atoms with Crippen molar-refractivity contribution in [2.75, 3.05) is 13.2 Å². The molecule has 3 aromatic rings. The van der Waals surface area contributed by atoms with Crippen LogP contribution in [0.2, 0.25) is 0 Å². The first-order chi connectivity index (χ1) is 15.7. The standard InChI is InChI=1S/C27H30N2O4/c1-19-8-5-6-10-23(19)25(30)29-24(18-22-9-7-16-32-22)26(31)28-15-17-33-21-13-11-20(12-14-21)27(2,3)4/h5-14,16,18H,15,17H2,1-4H3,(H,28,31)(H,29,30)/b24-18-. The van der Waals surface area contributed by atoms with Gasteiger partial charge in [0.1, 0.15) is 23.8 Å². The first-order valence-electron chi connectivity index (χ1n) is 10.9. The fourth-order valence-corrected chi connectivity index (χ4v) is 3.17. The SMILES string of the molecule is Cc1ccccc1C(=O)N/C(=C\c1ccco1)C(=O)NCCOc1ccc(C(C)(C)C)cc1. The lowest BCUT2D eigenvalue weighted by molar-refractivity contribution is -0.117. The summed E-state index contributed by atoms with van der Waals surface area (Å²) in [4.78, 5) is 25.5. The molecular formula is C27H30N2O4. The number of aryl methyl sites for hydroxylation is 1. The number of nitrogens with one attached hydrogen (secondary N) is 2. The van der Waals surface area contributed by atoms with E-state index < -0.39 is 5.91 Å². The average molecular weight is 447 g/mol. The second-order valence-electron chi connectivity index (χ2n) is 8.72. The minimum absolute atomic E-state index is 0.0754. The fourth-order valence-electron chi connectivity index (χ4n) is 3.17. The van der Waals surface area contributed by atoms with Gasteiger partial charge in [0.2, 0.25) is 0 Å². The molecule has 0 radical (unpaired) electrons. The third kappa shape index (κ3) is 6.84. The summed E-state index contributed by atoms with van der Waals surface area (Å²) in [6.07, 6.45) is 3.00. The number of hydrogen-bond acceptors (Lipinski definition) is 4. The molecule has 6 heteroatoms. The Morgan fingerprint density at radius 1 is 1.00 bits per heavy atom. The zero-order chi connectivity index (χ0) is 23.8. The molecule has 6 nitrogen and oxygen atoms in total. The number of benzene rings is 2. The molecular weight excluding hydrogens is 416 g/mol. The molecule has 0 atom stereocenters. The Bertz CT molecular complexity index is 1110. The van der Waals surface area contributed by atoms with Crippen LogP contribution in [0, 0.1) is 6.92 Å². The maximum absolute atomic E-state index is 12.8. The van der Waals surface area contributed by atoms with E-state index in [1.165, 1.54) is 17.9 Å². The molecule has 33 heavy (non-hydrogen) atoms. The van der Waals surface area contributed by atoms with Crippen LogP contribution in [0.15, 0.2) is 77.0 Å². The van der Waals surface area contributed by atoms with Gasteiger partial charge in [-0.15, -0.1) is 0 Å². The van der Waals surface area contributed by atoms with E-state index >= 15 is 0 Å². The summed E-state index contributed by atoms with van der Waals surface area (Å²) in [6.45, 7) is 8.88.